The summed E-state index contributed by atoms with van der Waals surface area (Å²) >= 11 is 0. The first-order valence-electron chi connectivity index (χ1n) is 8.62. The number of carbonyl (C=O) groups excluding carboxylic acids is 4. The van der Waals surface area contributed by atoms with Crippen LogP contribution >= 0.6 is 0 Å². The normalized spacial score (nSPS) is 27.9. The number of halogens is 1. The van der Waals surface area contributed by atoms with Crippen molar-refractivity contribution in [3.63, 3.8) is 0 Å². The summed E-state index contributed by atoms with van der Waals surface area (Å²) in [6.07, 6.45) is 4.74. The number of nitrogens with one attached hydrogen (secondary N) is 1. The van der Waals surface area contributed by atoms with Gasteiger partial charge in [-0.3, -0.25) is 19.3 Å². The van der Waals surface area contributed by atoms with E-state index in [1.807, 2.05) is 12.2 Å². The number of fused-ring (bicyclic) bond motifs is 5. The molecule has 3 aliphatic rings. The van der Waals surface area contributed by atoms with Crippen LogP contribution in [0.3, 0.4) is 0 Å². The molecule has 7 nitrogen and oxygen atoms in total. The number of methoxy groups -OCH3 is 1. The summed E-state index contributed by atoms with van der Waals surface area (Å²) in [5, 5.41) is 2.32. The van der Waals surface area contributed by atoms with Crippen molar-refractivity contribution in [3.05, 3.63) is 41.7 Å². The Kier molecular flexibility index (Phi) is 4.05. The highest BCUT2D eigenvalue weighted by molar-refractivity contribution is 6.09. The van der Waals surface area contributed by atoms with Gasteiger partial charge in [-0.25, -0.2) is 9.18 Å². The van der Waals surface area contributed by atoms with Crippen molar-refractivity contribution in [1.29, 1.82) is 0 Å². The summed E-state index contributed by atoms with van der Waals surface area (Å²) in [5.74, 6) is -3.49. The van der Waals surface area contributed by atoms with Crippen LogP contribution in [0.25, 0.3) is 0 Å². The van der Waals surface area contributed by atoms with Crippen LogP contribution in [0.2, 0.25) is 0 Å². The van der Waals surface area contributed by atoms with Gasteiger partial charge in [0.15, 0.2) is 0 Å². The van der Waals surface area contributed by atoms with Crippen molar-refractivity contribution in [2.45, 2.75) is 6.42 Å². The minimum absolute atomic E-state index is 0.0543. The number of rotatable bonds is 4. The predicted molar refractivity (Wildman–Crippen MR) is 90.8 cm³/mol. The number of likely N-dealkylation sites (tertiary alicyclic amines) is 1. The van der Waals surface area contributed by atoms with Crippen molar-refractivity contribution < 1.29 is 28.3 Å². The maximum Gasteiger partial charge on any atom is 0.337 e. The van der Waals surface area contributed by atoms with E-state index in [9.17, 15) is 23.6 Å². The SMILES string of the molecule is COC(=O)c1ccc(F)c(NC(=O)CN2C(=O)C3C4C=CC(C4)C3C2=O)c1. The van der Waals surface area contributed by atoms with Crippen molar-refractivity contribution in [2.24, 2.45) is 23.7 Å². The topological polar surface area (TPSA) is 92.8 Å². The second-order valence-electron chi connectivity index (χ2n) is 7.00. The largest absolute Gasteiger partial charge is 0.465 e. The number of nitrogens with zero attached hydrogens (tertiary/aromatic N) is 1. The van der Waals surface area contributed by atoms with E-state index >= 15 is 0 Å². The first-order chi connectivity index (χ1) is 12.9. The van der Waals surface area contributed by atoms with Crippen LogP contribution < -0.4 is 5.32 Å². The Morgan fingerprint density at radius 1 is 1.19 bits per heavy atom. The number of amides is 3. The molecular weight excluding hydrogens is 355 g/mol. The Balaban J connectivity index is 1.47. The summed E-state index contributed by atoms with van der Waals surface area (Å²) in [4.78, 5) is 50.0. The van der Waals surface area contributed by atoms with Gasteiger partial charge < -0.3 is 10.1 Å². The number of ether oxygens (including phenoxy) is 1. The number of benzene rings is 1. The molecule has 0 radical (unpaired) electrons. The lowest BCUT2D eigenvalue weighted by Crippen LogP contribution is -2.39. The quantitative estimate of drug-likeness (QED) is 0.489. The second-order valence-corrected chi connectivity index (χ2v) is 7.00. The zero-order valence-electron chi connectivity index (χ0n) is 14.5. The third kappa shape index (κ3) is 2.72. The number of anilines is 1. The number of carbonyl (C=O) groups is 4. The molecule has 1 heterocycles. The Bertz CT molecular complexity index is 866. The van der Waals surface area contributed by atoms with E-state index in [0.717, 1.165) is 23.5 Å². The van der Waals surface area contributed by atoms with Crippen molar-refractivity contribution in [1.82, 2.24) is 4.90 Å². The second kappa shape index (κ2) is 6.29. The van der Waals surface area contributed by atoms with Gasteiger partial charge in [-0.2, -0.15) is 0 Å². The smallest absolute Gasteiger partial charge is 0.337 e. The number of hydrogen-bond donors (Lipinski definition) is 1. The summed E-state index contributed by atoms with van der Waals surface area (Å²) in [6.45, 7) is -0.480. The highest BCUT2D eigenvalue weighted by atomic mass is 19.1. The first-order valence-corrected chi connectivity index (χ1v) is 8.62. The molecule has 0 aromatic heterocycles. The maximum atomic E-state index is 13.9. The van der Waals surface area contributed by atoms with E-state index in [1.165, 1.54) is 13.2 Å². The molecule has 140 valence electrons. The van der Waals surface area contributed by atoms with Gasteiger partial charge in [0.25, 0.3) is 0 Å². The molecule has 1 saturated heterocycles. The third-order valence-corrected chi connectivity index (χ3v) is 5.52. The lowest BCUT2D eigenvalue weighted by atomic mass is 9.85. The predicted octanol–water partition coefficient (Wildman–Crippen LogP) is 1.36. The van der Waals surface area contributed by atoms with Crippen molar-refractivity contribution in [3.8, 4) is 0 Å². The van der Waals surface area contributed by atoms with Crippen LogP contribution in [0.5, 0.6) is 0 Å². The van der Waals surface area contributed by atoms with Crippen molar-refractivity contribution >= 4 is 29.4 Å². The molecule has 2 aliphatic carbocycles. The van der Waals surface area contributed by atoms with Crippen LogP contribution in [-0.2, 0) is 19.1 Å². The molecule has 2 fully saturated rings. The molecule has 3 amide bonds. The minimum atomic E-state index is -0.741. The zero-order chi connectivity index (χ0) is 19.3. The molecule has 1 aliphatic heterocycles. The van der Waals surface area contributed by atoms with E-state index in [-0.39, 0.29) is 46.7 Å². The molecule has 1 aromatic rings. The molecule has 4 atom stereocenters. The standard InChI is InChI=1S/C19H17FN2O5/c1-27-19(26)11-4-5-12(20)13(7-11)21-14(23)8-22-17(24)15-9-2-3-10(6-9)16(15)18(22)25/h2-5,7,9-10,15-16H,6,8H2,1H3,(H,21,23). The molecule has 0 spiro atoms. The Morgan fingerprint density at radius 3 is 2.41 bits per heavy atom. The maximum absolute atomic E-state index is 13.9. The monoisotopic (exact) mass is 372 g/mol. The summed E-state index contributed by atoms with van der Waals surface area (Å²) < 4.78 is 18.5. The molecule has 4 rings (SSSR count). The van der Waals surface area contributed by atoms with Crippen LogP contribution in [0, 0.1) is 29.5 Å². The minimum Gasteiger partial charge on any atom is -0.465 e. The Morgan fingerprint density at radius 2 is 1.81 bits per heavy atom. The molecule has 2 bridgehead atoms. The van der Waals surface area contributed by atoms with E-state index in [1.54, 1.807) is 0 Å². The van der Waals surface area contributed by atoms with E-state index in [0.29, 0.717) is 0 Å². The van der Waals surface area contributed by atoms with E-state index in [2.05, 4.69) is 10.1 Å². The molecular formula is C19H17FN2O5. The average molecular weight is 372 g/mol. The van der Waals surface area contributed by atoms with Crippen LogP contribution in [0.4, 0.5) is 10.1 Å². The third-order valence-electron chi connectivity index (χ3n) is 5.52. The van der Waals surface area contributed by atoms with Crippen LogP contribution in [0.1, 0.15) is 16.8 Å². The highest BCUT2D eigenvalue weighted by Gasteiger charge is 2.59. The molecule has 1 aromatic carbocycles. The average Bonchev–Trinajstić information content (AvgIpc) is 3.33. The van der Waals surface area contributed by atoms with Gasteiger partial charge in [-0.05, 0) is 36.5 Å². The number of esters is 1. The fourth-order valence-electron chi connectivity index (χ4n) is 4.32. The number of hydrogen-bond acceptors (Lipinski definition) is 5. The van der Waals surface area contributed by atoms with Gasteiger partial charge in [-0.15, -0.1) is 0 Å². The highest BCUT2D eigenvalue weighted by Crippen LogP contribution is 2.52. The Labute approximate surface area is 154 Å². The van der Waals surface area contributed by atoms with Gasteiger partial charge in [0.05, 0.1) is 30.2 Å². The number of allylic oxidation sites excluding steroid dienone is 2. The zero-order valence-corrected chi connectivity index (χ0v) is 14.5. The van der Waals surface area contributed by atoms with Crippen LogP contribution in [-0.4, -0.2) is 42.2 Å². The van der Waals surface area contributed by atoms with Crippen molar-refractivity contribution in [2.75, 3.05) is 19.0 Å². The molecule has 8 heteroatoms. The molecule has 27 heavy (non-hydrogen) atoms. The van der Waals surface area contributed by atoms with E-state index in [4.69, 9.17) is 0 Å². The summed E-state index contributed by atoms with van der Waals surface area (Å²) in [5.41, 5.74) is -0.149. The summed E-state index contributed by atoms with van der Waals surface area (Å²) in [6, 6.07) is 3.40. The lowest BCUT2D eigenvalue weighted by Gasteiger charge is -2.17. The van der Waals surface area contributed by atoms with Gasteiger partial charge in [0.2, 0.25) is 17.7 Å². The lowest BCUT2D eigenvalue weighted by molar-refractivity contribution is -0.143. The number of imide groups is 1. The van der Waals surface area contributed by atoms with Gasteiger partial charge in [0.1, 0.15) is 12.4 Å². The van der Waals surface area contributed by atoms with Gasteiger partial charge >= 0.3 is 5.97 Å². The van der Waals surface area contributed by atoms with Gasteiger partial charge in [-0.1, -0.05) is 12.2 Å². The molecule has 4 unspecified atom stereocenters. The molecule has 1 N–H and O–H groups in total. The summed E-state index contributed by atoms with van der Waals surface area (Å²) in [7, 11) is 1.19. The van der Waals surface area contributed by atoms with Crippen LogP contribution in [0.15, 0.2) is 30.4 Å². The van der Waals surface area contributed by atoms with E-state index < -0.39 is 24.2 Å². The fourth-order valence-corrected chi connectivity index (χ4v) is 4.32. The van der Waals surface area contributed by atoms with Gasteiger partial charge in [0, 0.05) is 0 Å². The molecule has 1 saturated carbocycles. The first kappa shape index (κ1) is 17.4. The fraction of sp³-hybridized carbons (Fsp3) is 0.368. The Hall–Kier alpha value is -3.03.